The lowest BCUT2D eigenvalue weighted by atomic mass is 10.4. The van der Waals surface area contributed by atoms with Gasteiger partial charge in [-0.25, -0.2) is 0 Å². The molecular weight excluding hydrogens is 106 g/mol. The molecule has 42 valence electrons. The second kappa shape index (κ2) is 3.86. The molecule has 0 unspecified atom stereocenters. The largest absolute Gasteiger partial charge is 0.411 e. The fourth-order valence-corrected chi connectivity index (χ4v) is 0.912. The summed E-state index contributed by atoms with van der Waals surface area (Å²) in [5.74, 6) is 0. The molecular formula is C4H11NOSi. The maximum absolute atomic E-state index is 8.09. The van der Waals surface area contributed by atoms with Crippen LogP contribution < -0.4 is 0 Å². The average Bonchev–Trinajstić information content (AvgIpc) is 1.68. The van der Waals surface area contributed by atoms with Crippen LogP contribution in [0.25, 0.3) is 0 Å². The molecule has 7 heavy (non-hydrogen) atoms. The van der Waals surface area contributed by atoms with Gasteiger partial charge in [-0.1, -0.05) is 13.3 Å². The van der Waals surface area contributed by atoms with E-state index in [1.54, 1.807) is 0 Å². The third-order valence-electron chi connectivity index (χ3n) is 0.783. The highest BCUT2D eigenvalue weighted by Crippen LogP contribution is 1.85. The van der Waals surface area contributed by atoms with E-state index >= 15 is 0 Å². The van der Waals surface area contributed by atoms with E-state index in [4.69, 9.17) is 5.21 Å². The van der Waals surface area contributed by atoms with Crippen molar-refractivity contribution in [1.82, 2.24) is 0 Å². The van der Waals surface area contributed by atoms with Gasteiger partial charge in [0.15, 0.2) is 0 Å². The van der Waals surface area contributed by atoms with E-state index in [1.165, 1.54) is 0 Å². The Hall–Kier alpha value is -0.313. The molecule has 0 fully saturated rings. The quantitative estimate of drug-likeness (QED) is 0.234. The van der Waals surface area contributed by atoms with Crippen LogP contribution in [0.15, 0.2) is 5.16 Å². The molecule has 0 rings (SSSR count). The van der Waals surface area contributed by atoms with E-state index < -0.39 is 0 Å². The van der Waals surface area contributed by atoms with Gasteiger partial charge < -0.3 is 5.21 Å². The van der Waals surface area contributed by atoms with Crippen LogP contribution in [-0.4, -0.2) is 20.8 Å². The van der Waals surface area contributed by atoms with Crippen molar-refractivity contribution in [2.75, 3.05) is 0 Å². The highest BCUT2D eigenvalue weighted by Gasteiger charge is 1.83. The molecule has 0 aliphatic rings. The summed E-state index contributed by atoms with van der Waals surface area (Å²) in [6.45, 7) is 2.07. The number of nitrogens with zero attached hydrogens (tertiary/aromatic N) is 1. The lowest BCUT2D eigenvalue weighted by Gasteiger charge is -1.88. The maximum Gasteiger partial charge on any atom is 0.0613 e. The SMILES string of the molecule is CCCC([SiH3])=NO. The second-order valence-corrected chi connectivity index (χ2v) is 2.74. The van der Waals surface area contributed by atoms with E-state index in [-0.39, 0.29) is 0 Å². The Morgan fingerprint density at radius 1 is 1.86 bits per heavy atom. The van der Waals surface area contributed by atoms with Gasteiger partial charge in [0.05, 0.1) is 10.2 Å². The summed E-state index contributed by atoms with van der Waals surface area (Å²) < 4.78 is 0. The Morgan fingerprint density at radius 2 is 2.43 bits per heavy atom. The number of rotatable bonds is 2. The summed E-state index contributed by atoms with van der Waals surface area (Å²) in [5, 5.41) is 12.1. The Bertz CT molecular complexity index is 72.1. The zero-order valence-corrected chi connectivity index (χ0v) is 6.81. The summed E-state index contributed by atoms with van der Waals surface area (Å²) in [6.07, 6.45) is 2.05. The molecule has 0 radical (unpaired) electrons. The van der Waals surface area contributed by atoms with Gasteiger partial charge in [0, 0.05) is 5.33 Å². The first-order chi connectivity index (χ1) is 3.31. The summed E-state index contributed by atoms with van der Waals surface area (Å²) in [7, 11) is 0.899. The van der Waals surface area contributed by atoms with Crippen molar-refractivity contribution < 1.29 is 5.21 Å². The van der Waals surface area contributed by atoms with Crippen molar-refractivity contribution in [1.29, 1.82) is 0 Å². The average molecular weight is 117 g/mol. The van der Waals surface area contributed by atoms with Crippen LogP contribution in [0, 0.1) is 0 Å². The molecule has 0 saturated carbocycles. The van der Waals surface area contributed by atoms with Crippen molar-refractivity contribution in [3.63, 3.8) is 0 Å². The molecule has 0 aliphatic heterocycles. The van der Waals surface area contributed by atoms with Crippen LogP contribution in [0.5, 0.6) is 0 Å². The maximum atomic E-state index is 8.09. The van der Waals surface area contributed by atoms with Gasteiger partial charge in [0.1, 0.15) is 0 Å². The van der Waals surface area contributed by atoms with E-state index in [2.05, 4.69) is 12.1 Å². The summed E-state index contributed by atoms with van der Waals surface area (Å²) >= 11 is 0. The van der Waals surface area contributed by atoms with E-state index in [0.29, 0.717) is 0 Å². The minimum Gasteiger partial charge on any atom is -0.411 e. The number of oxime groups is 1. The van der Waals surface area contributed by atoms with Gasteiger partial charge in [-0.15, -0.1) is 5.16 Å². The number of hydrogen-bond donors (Lipinski definition) is 1. The van der Waals surface area contributed by atoms with Crippen molar-refractivity contribution in [3.8, 4) is 0 Å². The third kappa shape index (κ3) is 3.52. The summed E-state index contributed by atoms with van der Waals surface area (Å²) in [6, 6.07) is 0. The lowest BCUT2D eigenvalue weighted by molar-refractivity contribution is 0.319. The molecule has 0 spiro atoms. The van der Waals surface area contributed by atoms with Gasteiger partial charge in [0.25, 0.3) is 0 Å². The molecule has 2 nitrogen and oxygen atoms in total. The molecule has 0 bridgehead atoms. The van der Waals surface area contributed by atoms with Gasteiger partial charge in [0.2, 0.25) is 0 Å². The Labute approximate surface area is 46.6 Å². The van der Waals surface area contributed by atoms with Gasteiger partial charge in [-0.05, 0) is 6.42 Å². The number of hydrogen-bond acceptors (Lipinski definition) is 2. The Balaban J connectivity index is 3.17. The standard InChI is InChI=1S/C4H11NOSi/c1-2-3-4(7)5-6/h6H,2-3H2,1,7H3. The molecule has 3 heteroatoms. The molecule has 0 atom stereocenters. The van der Waals surface area contributed by atoms with E-state index in [1.807, 2.05) is 0 Å². The van der Waals surface area contributed by atoms with Gasteiger partial charge in [-0.2, -0.15) is 0 Å². The Morgan fingerprint density at radius 3 is 2.57 bits per heavy atom. The van der Waals surface area contributed by atoms with Crippen molar-refractivity contribution in [2.45, 2.75) is 19.8 Å². The Kier molecular flexibility index (Phi) is 3.69. The monoisotopic (exact) mass is 117 g/mol. The van der Waals surface area contributed by atoms with Gasteiger partial charge in [-0.3, -0.25) is 0 Å². The van der Waals surface area contributed by atoms with E-state index in [0.717, 1.165) is 28.4 Å². The van der Waals surface area contributed by atoms with E-state index in [9.17, 15) is 0 Å². The predicted molar refractivity (Wildman–Crippen MR) is 34.1 cm³/mol. The third-order valence-corrected chi connectivity index (χ3v) is 1.48. The zero-order chi connectivity index (χ0) is 5.70. The minimum absolute atomic E-state index is 0.899. The van der Waals surface area contributed by atoms with Crippen LogP contribution in [-0.2, 0) is 0 Å². The molecule has 0 aromatic rings. The minimum atomic E-state index is 0.899. The first-order valence-electron chi connectivity index (χ1n) is 2.48. The fourth-order valence-electron chi connectivity index (χ4n) is 0.412. The van der Waals surface area contributed by atoms with Crippen molar-refractivity contribution >= 4 is 15.6 Å². The first-order valence-corrected chi connectivity index (χ1v) is 3.48. The fraction of sp³-hybridized carbons (Fsp3) is 0.750. The highest BCUT2D eigenvalue weighted by molar-refractivity contribution is 6.59. The molecule has 0 heterocycles. The summed E-state index contributed by atoms with van der Waals surface area (Å²) in [4.78, 5) is 0. The molecule has 0 aromatic carbocycles. The van der Waals surface area contributed by atoms with Crippen LogP contribution >= 0.6 is 0 Å². The molecule has 0 amide bonds. The molecule has 0 aromatic heterocycles. The highest BCUT2D eigenvalue weighted by atomic mass is 28.1. The molecule has 0 aliphatic carbocycles. The van der Waals surface area contributed by atoms with Crippen molar-refractivity contribution in [3.05, 3.63) is 0 Å². The van der Waals surface area contributed by atoms with Crippen LogP contribution in [0.2, 0.25) is 0 Å². The predicted octanol–water partition coefficient (Wildman–Crippen LogP) is -0.0604. The molecule has 0 saturated heterocycles. The normalized spacial score (nSPS) is 12.4. The topological polar surface area (TPSA) is 32.6 Å². The smallest absolute Gasteiger partial charge is 0.0613 e. The van der Waals surface area contributed by atoms with Gasteiger partial charge >= 0.3 is 0 Å². The van der Waals surface area contributed by atoms with Crippen LogP contribution in [0.3, 0.4) is 0 Å². The van der Waals surface area contributed by atoms with Crippen LogP contribution in [0.4, 0.5) is 0 Å². The zero-order valence-electron chi connectivity index (χ0n) is 4.81. The summed E-state index contributed by atoms with van der Waals surface area (Å²) in [5.41, 5.74) is 0. The van der Waals surface area contributed by atoms with Crippen molar-refractivity contribution in [2.24, 2.45) is 5.16 Å². The van der Waals surface area contributed by atoms with Crippen LogP contribution in [0.1, 0.15) is 19.8 Å². The molecule has 1 N–H and O–H groups in total. The lowest BCUT2D eigenvalue weighted by Crippen LogP contribution is -1.94. The first kappa shape index (κ1) is 6.69. The second-order valence-electron chi connectivity index (χ2n) is 1.59.